The van der Waals surface area contributed by atoms with Gasteiger partial charge >= 0.3 is 7.82 Å². The van der Waals surface area contributed by atoms with Crippen LogP contribution in [0.1, 0.15) is 0 Å². The summed E-state index contributed by atoms with van der Waals surface area (Å²) in [7, 11) is -4.64. The van der Waals surface area contributed by atoms with Crippen molar-refractivity contribution in [2.24, 2.45) is 0 Å². The van der Waals surface area contributed by atoms with Gasteiger partial charge < -0.3 is 45.0 Å². The zero-order valence-corrected chi connectivity index (χ0v) is 12.5. The Morgan fingerprint density at radius 2 is 1.09 bits per heavy atom. The molecule has 0 bridgehead atoms. The van der Waals surface area contributed by atoms with Crippen LogP contribution in [-0.4, -0.2) is 98.0 Å². The highest BCUT2D eigenvalue weighted by atomic mass is 31.2. The highest BCUT2D eigenvalue weighted by molar-refractivity contribution is 7.47. The van der Waals surface area contributed by atoms with Gasteiger partial charge in [0.1, 0.15) is 36.6 Å². The lowest BCUT2D eigenvalue weighted by Crippen LogP contribution is -2.35. The number of rotatable bonds is 6. The average Bonchev–Trinajstić information content (AvgIpc) is 2.88. The quantitative estimate of drug-likeness (QED) is 0.227. The van der Waals surface area contributed by atoms with E-state index in [0.717, 1.165) is 0 Å². The largest absolute Gasteiger partial charge is 0.472 e. The van der Waals surface area contributed by atoms with Crippen LogP contribution >= 0.6 is 7.82 Å². The van der Waals surface area contributed by atoms with E-state index in [4.69, 9.17) is 19.7 Å². The zero-order chi connectivity index (χ0) is 17.4. The van der Waals surface area contributed by atoms with Gasteiger partial charge in [0.25, 0.3) is 0 Å². The summed E-state index contributed by atoms with van der Waals surface area (Å²) in [5.41, 5.74) is 0. The van der Waals surface area contributed by atoms with Crippen molar-refractivity contribution in [3.8, 4) is 0 Å². The van der Waals surface area contributed by atoms with Gasteiger partial charge in [-0.25, -0.2) is 4.57 Å². The molecule has 2 fully saturated rings. The molecule has 8 atom stereocenters. The van der Waals surface area contributed by atoms with Crippen molar-refractivity contribution < 1.29 is 58.6 Å². The third kappa shape index (κ3) is 4.45. The van der Waals surface area contributed by atoms with Crippen LogP contribution < -0.4 is 0 Å². The van der Waals surface area contributed by atoms with Crippen molar-refractivity contribution in [2.45, 2.75) is 49.2 Å². The summed E-state index contributed by atoms with van der Waals surface area (Å²) in [5.74, 6) is 0. The molecule has 0 aromatic rings. The Morgan fingerprint density at radius 1 is 0.739 bits per heavy atom. The van der Waals surface area contributed by atoms with Crippen molar-refractivity contribution in [1.82, 2.24) is 0 Å². The van der Waals surface area contributed by atoms with Crippen molar-refractivity contribution in [3.05, 3.63) is 0 Å². The maximum atomic E-state index is 11.7. The molecule has 13 heteroatoms. The van der Waals surface area contributed by atoms with E-state index >= 15 is 0 Å². The first-order valence-corrected chi connectivity index (χ1v) is 8.13. The van der Waals surface area contributed by atoms with Gasteiger partial charge in [0, 0.05) is 0 Å². The lowest BCUT2D eigenvalue weighted by molar-refractivity contribution is -0.135. The number of ether oxygens (including phenoxy) is 2. The Bertz CT molecular complexity index is 412. The van der Waals surface area contributed by atoms with E-state index in [1.165, 1.54) is 0 Å². The molecule has 23 heavy (non-hydrogen) atoms. The van der Waals surface area contributed by atoms with E-state index in [2.05, 4.69) is 9.05 Å². The summed E-state index contributed by atoms with van der Waals surface area (Å²) < 4.78 is 30.2. The second-order valence-electron chi connectivity index (χ2n) is 5.15. The van der Waals surface area contributed by atoms with E-state index in [-0.39, 0.29) is 0 Å². The molecule has 2 unspecified atom stereocenters. The van der Waals surface area contributed by atoms with E-state index in [1.54, 1.807) is 0 Å². The molecular formula is C10H19O12P. The van der Waals surface area contributed by atoms with Crippen LogP contribution in [0.2, 0.25) is 0 Å². The van der Waals surface area contributed by atoms with Gasteiger partial charge in [-0.15, -0.1) is 0 Å². The second kappa shape index (κ2) is 7.35. The van der Waals surface area contributed by atoms with Gasteiger partial charge in [-0.05, 0) is 0 Å². The van der Waals surface area contributed by atoms with Crippen LogP contribution in [0.4, 0.5) is 0 Å². The molecule has 2 heterocycles. The molecule has 0 spiro atoms. The number of phosphoric ester groups is 1. The smallest absolute Gasteiger partial charge is 0.387 e. The third-order valence-corrected chi connectivity index (χ3v) is 4.43. The second-order valence-corrected chi connectivity index (χ2v) is 6.61. The summed E-state index contributed by atoms with van der Waals surface area (Å²) in [6, 6.07) is 0. The first kappa shape index (κ1) is 19.1. The lowest BCUT2D eigenvalue weighted by atomic mass is 10.1. The molecule has 7 N–H and O–H groups in total. The summed E-state index contributed by atoms with van der Waals surface area (Å²) in [6.45, 7) is -1.33. The predicted octanol–water partition coefficient (Wildman–Crippen LogP) is -4.00. The minimum Gasteiger partial charge on any atom is -0.387 e. The Hall–Kier alpha value is -0.210. The molecule has 0 radical (unpaired) electrons. The lowest BCUT2D eigenvalue weighted by Gasteiger charge is -2.19. The molecule has 2 aliphatic rings. The molecule has 0 aromatic carbocycles. The van der Waals surface area contributed by atoms with Crippen LogP contribution in [0, 0.1) is 0 Å². The van der Waals surface area contributed by atoms with Gasteiger partial charge in [0.05, 0.1) is 13.2 Å². The third-order valence-electron chi connectivity index (χ3n) is 3.48. The summed E-state index contributed by atoms with van der Waals surface area (Å²) in [6.07, 6.45) is -12.0. The monoisotopic (exact) mass is 362 g/mol. The van der Waals surface area contributed by atoms with E-state index < -0.39 is 70.2 Å². The van der Waals surface area contributed by atoms with Crippen LogP contribution in [-0.2, 0) is 23.1 Å². The summed E-state index contributed by atoms with van der Waals surface area (Å²) in [5, 5.41) is 55.8. The molecule has 2 aliphatic heterocycles. The minimum atomic E-state index is -4.64. The van der Waals surface area contributed by atoms with Gasteiger partial charge in [-0.2, -0.15) is 0 Å². The number of hydrogen-bond acceptors (Lipinski definition) is 11. The SMILES string of the molecule is O=P(O)(OC[C@H]1OC(O)[C@H](O)[C@@H]1O)OC[C@H]1OC(O)[C@H](O)[C@@H]1O. The highest BCUT2D eigenvalue weighted by Gasteiger charge is 2.44. The van der Waals surface area contributed by atoms with Crippen LogP contribution in [0.3, 0.4) is 0 Å². The van der Waals surface area contributed by atoms with Crippen molar-refractivity contribution in [1.29, 1.82) is 0 Å². The van der Waals surface area contributed by atoms with Crippen LogP contribution in [0.5, 0.6) is 0 Å². The van der Waals surface area contributed by atoms with Crippen molar-refractivity contribution >= 4 is 7.82 Å². The summed E-state index contributed by atoms with van der Waals surface area (Å²) >= 11 is 0. The molecule has 2 saturated heterocycles. The molecule has 2 rings (SSSR count). The Balaban J connectivity index is 1.78. The Morgan fingerprint density at radius 3 is 1.35 bits per heavy atom. The fraction of sp³-hybridized carbons (Fsp3) is 1.00. The molecule has 0 amide bonds. The number of aliphatic hydroxyl groups is 6. The fourth-order valence-corrected chi connectivity index (χ4v) is 2.85. The maximum absolute atomic E-state index is 11.7. The zero-order valence-electron chi connectivity index (χ0n) is 11.7. The number of hydrogen-bond donors (Lipinski definition) is 7. The molecule has 0 aliphatic carbocycles. The average molecular weight is 362 g/mol. The van der Waals surface area contributed by atoms with Gasteiger partial charge in [-0.1, -0.05) is 0 Å². The minimum absolute atomic E-state index is 0.664. The Labute approximate surface area is 130 Å². The standard InChI is InChI=1S/C10H19O12P/c11-5-3(21-9(15)7(5)13)1-19-23(17,18)20-2-4-6(12)8(14)10(16)22-4/h3-16H,1-2H2,(H,17,18)/t3-,4-,5-,6-,7-,8-,9?,10?/m1/s1. The molecule has 136 valence electrons. The van der Waals surface area contributed by atoms with E-state index in [1.807, 2.05) is 0 Å². The first-order chi connectivity index (χ1) is 10.6. The fourth-order valence-electron chi connectivity index (χ4n) is 2.11. The van der Waals surface area contributed by atoms with E-state index in [9.17, 15) is 29.9 Å². The van der Waals surface area contributed by atoms with Gasteiger partial charge in [0.15, 0.2) is 12.6 Å². The highest BCUT2D eigenvalue weighted by Crippen LogP contribution is 2.44. The topological polar surface area (TPSA) is 196 Å². The summed E-state index contributed by atoms with van der Waals surface area (Å²) in [4.78, 5) is 9.46. The maximum Gasteiger partial charge on any atom is 0.472 e. The number of phosphoric acid groups is 1. The number of aliphatic hydroxyl groups excluding tert-OH is 6. The van der Waals surface area contributed by atoms with Crippen molar-refractivity contribution in [2.75, 3.05) is 13.2 Å². The van der Waals surface area contributed by atoms with E-state index in [0.29, 0.717) is 0 Å². The molecule has 0 saturated carbocycles. The molecule has 12 nitrogen and oxygen atoms in total. The van der Waals surface area contributed by atoms with Crippen molar-refractivity contribution in [3.63, 3.8) is 0 Å². The first-order valence-electron chi connectivity index (χ1n) is 6.63. The molecule has 0 aromatic heterocycles. The van der Waals surface area contributed by atoms with Crippen LogP contribution in [0.25, 0.3) is 0 Å². The predicted molar refractivity (Wildman–Crippen MR) is 67.5 cm³/mol. The molecular weight excluding hydrogens is 343 g/mol. The van der Waals surface area contributed by atoms with Gasteiger partial charge in [0.2, 0.25) is 0 Å². The normalized spacial score (nSPS) is 46.9. The van der Waals surface area contributed by atoms with Crippen LogP contribution in [0.15, 0.2) is 0 Å². The Kier molecular flexibility index (Phi) is 6.11. The van der Waals surface area contributed by atoms with Gasteiger partial charge in [-0.3, -0.25) is 9.05 Å².